The predicted molar refractivity (Wildman–Crippen MR) is 149 cm³/mol. The smallest absolute Gasteiger partial charge is 0.258 e. The highest BCUT2D eigenvalue weighted by Gasteiger charge is 2.23. The van der Waals surface area contributed by atoms with Crippen LogP contribution in [0.4, 0.5) is 0 Å². The third kappa shape index (κ3) is 5.36. The minimum atomic E-state index is 0. The maximum absolute atomic E-state index is 12.9. The number of hydrogen-bond acceptors (Lipinski definition) is 4. The molecule has 1 fully saturated rings. The molecule has 0 unspecified atom stereocenters. The van der Waals surface area contributed by atoms with Gasteiger partial charge in [-0.05, 0) is 72.5 Å². The highest BCUT2D eigenvalue weighted by atomic mass is 35.5. The Morgan fingerprint density at radius 1 is 1.03 bits per heavy atom. The first-order chi connectivity index (χ1) is 16.2. The van der Waals surface area contributed by atoms with Crippen molar-refractivity contribution in [2.24, 2.45) is 5.92 Å². The summed E-state index contributed by atoms with van der Waals surface area (Å²) in [7, 11) is 0. The van der Waals surface area contributed by atoms with Gasteiger partial charge in [0, 0.05) is 23.4 Å². The quantitative estimate of drug-likeness (QED) is 0.333. The summed E-state index contributed by atoms with van der Waals surface area (Å²) in [6.45, 7) is 3.88. The van der Waals surface area contributed by atoms with E-state index in [1.54, 1.807) is 0 Å². The van der Waals surface area contributed by atoms with E-state index in [4.69, 9.17) is 0 Å². The van der Waals surface area contributed by atoms with Crippen molar-refractivity contribution >= 4 is 70.2 Å². The van der Waals surface area contributed by atoms with Gasteiger partial charge in [-0.2, -0.15) is 5.10 Å². The summed E-state index contributed by atoms with van der Waals surface area (Å²) in [5.41, 5.74) is 3.24. The van der Waals surface area contributed by atoms with Crippen molar-refractivity contribution in [2.45, 2.75) is 24.3 Å². The molecule has 0 saturated carbocycles. The molecule has 0 aliphatic carbocycles. The number of nitrogens with one attached hydrogen (secondary N) is 2. The third-order valence-electron chi connectivity index (χ3n) is 6.77. The second-order valence-electron chi connectivity index (χ2n) is 9.01. The molecule has 35 heavy (non-hydrogen) atoms. The predicted octanol–water partition coefficient (Wildman–Crippen LogP) is 6.03. The van der Waals surface area contributed by atoms with Gasteiger partial charge in [0.25, 0.3) is 5.91 Å². The molecule has 1 aromatic heterocycles. The summed E-state index contributed by atoms with van der Waals surface area (Å²) in [6, 6.07) is 21.3. The molecule has 5 nitrogen and oxygen atoms in total. The molecular formula is C27H28Cl2N4OS. The number of fused-ring (bicyclic) bond motifs is 1. The van der Waals surface area contributed by atoms with Gasteiger partial charge in [0.2, 0.25) is 0 Å². The lowest BCUT2D eigenvalue weighted by atomic mass is 9.96. The number of benzene rings is 3. The van der Waals surface area contributed by atoms with E-state index in [9.17, 15) is 4.79 Å². The van der Waals surface area contributed by atoms with Crippen LogP contribution in [0.5, 0.6) is 0 Å². The molecule has 3 heterocycles. The highest BCUT2D eigenvalue weighted by molar-refractivity contribution is 8.04. The van der Waals surface area contributed by atoms with Crippen LogP contribution in [0.2, 0.25) is 0 Å². The Kier molecular flexibility index (Phi) is 8.07. The number of likely N-dealkylation sites (tertiary alicyclic amines) is 1. The molecule has 1 saturated heterocycles. The Morgan fingerprint density at radius 3 is 2.66 bits per heavy atom. The van der Waals surface area contributed by atoms with E-state index in [1.807, 2.05) is 18.2 Å². The molecule has 2 aliphatic rings. The summed E-state index contributed by atoms with van der Waals surface area (Å²) in [5.74, 6) is 0.540. The van der Waals surface area contributed by atoms with Crippen LogP contribution in [-0.2, 0) is 11.3 Å². The molecule has 0 bridgehead atoms. The van der Waals surface area contributed by atoms with Crippen LogP contribution in [0.25, 0.3) is 27.8 Å². The molecule has 0 spiro atoms. The summed E-state index contributed by atoms with van der Waals surface area (Å²) in [4.78, 5) is 17.2. The van der Waals surface area contributed by atoms with Crippen LogP contribution >= 0.6 is 36.6 Å². The lowest BCUT2D eigenvalue weighted by Crippen LogP contribution is -2.38. The van der Waals surface area contributed by atoms with Crippen LogP contribution in [0, 0.1) is 5.92 Å². The minimum absolute atomic E-state index is 0. The molecule has 182 valence electrons. The van der Waals surface area contributed by atoms with E-state index in [0.717, 1.165) is 65.4 Å². The third-order valence-corrected chi connectivity index (χ3v) is 7.85. The van der Waals surface area contributed by atoms with Gasteiger partial charge in [-0.15, -0.1) is 24.8 Å². The Morgan fingerprint density at radius 2 is 1.83 bits per heavy atom. The molecule has 8 heteroatoms. The van der Waals surface area contributed by atoms with Crippen LogP contribution in [0.3, 0.4) is 0 Å². The zero-order chi connectivity index (χ0) is 22.2. The number of hydrogen-bond donors (Lipinski definition) is 2. The normalized spacial score (nSPS) is 15.8. The van der Waals surface area contributed by atoms with Crippen molar-refractivity contribution in [2.75, 3.05) is 19.6 Å². The van der Waals surface area contributed by atoms with Crippen LogP contribution in [0.1, 0.15) is 24.1 Å². The van der Waals surface area contributed by atoms with Gasteiger partial charge >= 0.3 is 0 Å². The largest absolute Gasteiger partial charge is 0.351 e. The Labute approximate surface area is 221 Å². The Balaban J connectivity index is 0.00000144. The number of H-pyrrole nitrogens is 1. The first-order valence-electron chi connectivity index (χ1n) is 11.6. The fourth-order valence-corrected chi connectivity index (χ4v) is 5.95. The average molecular weight is 528 g/mol. The summed E-state index contributed by atoms with van der Waals surface area (Å²) < 4.78 is 0. The van der Waals surface area contributed by atoms with Crippen molar-refractivity contribution in [3.63, 3.8) is 0 Å². The molecule has 0 radical (unpaired) electrons. The van der Waals surface area contributed by atoms with Crippen molar-refractivity contribution in [3.05, 3.63) is 76.8 Å². The SMILES string of the molecule is Cl.Cl.O=C(NCC1CCN(Cc2ccc3ccccc3c2)CC1)C1=Cc2[nH]nc3cccc(c23)S1. The molecule has 6 rings (SSSR count). The van der Waals surface area contributed by atoms with Crippen molar-refractivity contribution < 1.29 is 4.79 Å². The number of amides is 1. The van der Waals surface area contributed by atoms with E-state index < -0.39 is 0 Å². The number of nitrogens with zero attached hydrogens (tertiary/aromatic N) is 2. The topological polar surface area (TPSA) is 61.0 Å². The van der Waals surface area contributed by atoms with E-state index in [2.05, 4.69) is 68.9 Å². The molecule has 4 aromatic rings. The number of aromatic amines is 1. The van der Waals surface area contributed by atoms with Gasteiger partial charge in [0.1, 0.15) is 0 Å². The fourth-order valence-electron chi connectivity index (χ4n) is 4.91. The number of thioether (sulfide) groups is 1. The maximum atomic E-state index is 12.9. The molecular weight excluding hydrogens is 499 g/mol. The van der Waals surface area contributed by atoms with E-state index in [-0.39, 0.29) is 30.7 Å². The summed E-state index contributed by atoms with van der Waals surface area (Å²) >= 11 is 1.53. The van der Waals surface area contributed by atoms with Gasteiger partial charge in [-0.3, -0.25) is 14.8 Å². The highest BCUT2D eigenvalue weighted by Crippen LogP contribution is 2.39. The number of halogens is 2. The second-order valence-corrected chi connectivity index (χ2v) is 10.1. The van der Waals surface area contributed by atoms with E-state index in [0.29, 0.717) is 5.92 Å². The second kappa shape index (κ2) is 11.0. The molecule has 2 aliphatic heterocycles. The van der Waals surface area contributed by atoms with Gasteiger partial charge in [-0.25, -0.2) is 0 Å². The maximum Gasteiger partial charge on any atom is 0.258 e. The molecule has 0 atom stereocenters. The van der Waals surface area contributed by atoms with Crippen LogP contribution < -0.4 is 5.32 Å². The van der Waals surface area contributed by atoms with Crippen molar-refractivity contribution in [1.82, 2.24) is 20.4 Å². The fraction of sp³-hybridized carbons (Fsp3) is 0.259. The van der Waals surface area contributed by atoms with E-state index in [1.165, 1.54) is 28.1 Å². The Hall–Kier alpha value is -2.51. The Bertz CT molecular complexity index is 1380. The standard InChI is InChI=1S/C27H26N4OS.2ClH/c32-27(25-15-23-26-22(29-30-23)6-3-7-24(26)33-25)28-16-18-10-12-31(13-11-18)17-19-8-9-20-4-1-2-5-21(20)14-19;;/h1-9,14-15,18H,10-13,16-17H2,(H,28,32)(H,29,30);2*1H. The van der Waals surface area contributed by atoms with E-state index >= 15 is 0 Å². The molecule has 1 amide bonds. The first-order valence-corrected chi connectivity index (χ1v) is 12.4. The lowest BCUT2D eigenvalue weighted by Gasteiger charge is -2.32. The van der Waals surface area contributed by atoms with Gasteiger partial charge < -0.3 is 5.32 Å². The monoisotopic (exact) mass is 526 g/mol. The minimum Gasteiger partial charge on any atom is -0.351 e. The van der Waals surface area contributed by atoms with Crippen molar-refractivity contribution in [1.29, 1.82) is 0 Å². The lowest BCUT2D eigenvalue weighted by molar-refractivity contribution is -0.117. The van der Waals surface area contributed by atoms with Crippen LogP contribution in [0.15, 0.2) is 70.5 Å². The number of rotatable bonds is 5. The van der Waals surface area contributed by atoms with Gasteiger partial charge in [0.15, 0.2) is 0 Å². The number of carbonyl (C=O) groups excluding carboxylic acids is 1. The molecule has 2 N–H and O–H groups in total. The van der Waals surface area contributed by atoms with Gasteiger partial charge in [-0.1, -0.05) is 54.2 Å². The van der Waals surface area contributed by atoms with Gasteiger partial charge in [0.05, 0.1) is 16.1 Å². The number of carbonyl (C=O) groups is 1. The van der Waals surface area contributed by atoms with Crippen LogP contribution in [-0.4, -0.2) is 40.6 Å². The number of aromatic nitrogens is 2. The first kappa shape index (κ1) is 25.6. The summed E-state index contributed by atoms with van der Waals surface area (Å²) in [6.07, 6.45) is 4.16. The molecule has 3 aromatic carbocycles. The average Bonchev–Trinajstić information content (AvgIpc) is 3.28. The van der Waals surface area contributed by atoms with Crippen molar-refractivity contribution in [3.8, 4) is 0 Å². The number of piperidine rings is 1. The summed E-state index contributed by atoms with van der Waals surface area (Å²) in [5, 5.41) is 14.3. The zero-order valence-corrected chi connectivity index (χ0v) is 21.6. The zero-order valence-electron chi connectivity index (χ0n) is 19.2.